The number of hydrogen-bond donors (Lipinski definition) is 3. The fourth-order valence-corrected chi connectivity index (χ4v) is 2.94. The third-order valence-corrected chi connectivity index (χ3v) is 4.22. The second-order valence-electron chi connectivity index (χ2n) is 5.68. The first-order valence-corrected chi connectivity index (χ1v) is 7.52. The van der Waals surface area contributed by atoms with Gasteiger partial charge in [0, 0.05) is 17.2 Å². The molecule has 5 nitrogen and oxygen atoms in total. The lowest BCUT2D eigenvalue weighted by atomic mass is 9.84. The van der Waals surface area contributed by atoms with Crippen LogP contribution in [-0.2, 0) is 0 Å². The molecule has 1 aliphatic rings. The minimum atomic E-state index is -0.0932. The molecule has 2 rings (SSSR count). The number of nitrogens with two attached hydrogens (primary N) is 1. The van der Waals surface area contributed by atoms with Crippen LogP contribution in [-0.4, -0.2) is 23.0 Å². The molecule has 0 bridgehead atoms. The Hall–Kier alpha value is -2.04. The third kappa shape index (κ3) is 3.97. The van der Waals surface area contributed by atoms with Crippen molar-refractivity contribution in [1.29, 1.82) is 0 Å². The zero-order chi connectivity index (χ0) is 15.2. The summed E-state index contributed by atoms with van der Waals surface area (Å²) in [5.74, 6) is 0.630. The van der Waals surface area contributed by atoms with Gasteiger partial charge < -0.3 is 16.3 Å². The number of nitrogens with zero attached hydrogens (tertiary/aromatic N) is 1. The van der Waals surface area contributed by atoms with Crippen LogP contribution in [0.25, 0.3) is 0 Å². The Labute approximate surface area is 125 Å². The van der Waals surface area contributed by atoms with Crippen LogP contribution >= 0.6 is 0 Å². The molecule has 2 atom stereocenters. The van der Waals surface area contributed by atoms with Crippen molar-refractivity contribution >= 4 is 11.7 Å². The van der Waals surface area contributed by atoms with Crippen molar-refractivity contribution in [3.63, 3.8) is 0 Å². The Bertz CT molecular complexity index is 528. The summed E-state index contributed by atoms with van der Waals surface area (Å²) in [6.07, 6.45) is 5.71. The second kappa shape index (κ2) is 7.11. The molecule has 2 unspecified atom stereocenters. The molecule has 0 aromatic heterocycles. The van der Waals surface area contributed by atoms with Gasteiger partial charge in [0.05, 0.1) is 0 Å². The molecule has 0 aliphatic heterocycles. The predicted molar refractivity (Wildman–Crippen MR) is 82.5 cm³/mol. The van der Waals surface area contributed by atoms with Gasteiger partial charge in [0.25, 0.3) is 5.91 Å². The number of hydrogen-bond acceptors (Lipinski definition) is 3. The van der Waals surface area contributed by atoms with Crippen LogP contribution in [0, 0.1) is 5.92 Å². The fourth-order valence-electron chi connectivity index (χ4n) is 2.94. The first-order chi connectivity index (χ1) is 10.1. The van der Waals surface area contributed by atoms with Gasteiger partial charge in [-0.15, -0.1) is 0 Å². The van der Waals surface area contributed by atoms with E-state index in [1.807, 2.05) is 0 Å². The van der Waals surface area contributed by atoms with Gasteiger partial charge >= 0.3 is 0 Å². The van der Waals surface area contributed by atoms with E-state index in [0.717, 1.165) is 12.8 Å². The Morgan fingerprint density at radius 3 is 2.90 bits per heavy atom. The Kier molecular flexibility index (Phi) is 5.20. The summed E-state index contributed by atoms with van der Waals surface area (Å²) in [6, 6.07) is 7.08. The second-order valence-corrected chi connectivity index (χ2v) is 5.68. The fraction of sp³-hybridized carbons (Fsp3) is 0.500. The zero-order valence-corrected chi connectivity index (χ0v) is 12.4. The summed E-state index contributed by atoms with van der Waals surface area (Å²) in [6.45, 7) is 2.20. The quantitative estimate of drug-likeness (QED) is 0.344. The molecule has 1 amide bonds. The summed E-state index contributed by atoms with van der Waals surface area (Å²) in [7, 11) is 0. The van der Waals surface area contributed by atoms with Crippen LogP contribution in [0.1, 0.15) is 54.9 Å². The van der Waals surface area contributed by atoms with Crippen molar-refractivity contribution in [3.05, 3.63) is 35.4 Å². The molecule has 1 aromatic rings. The van der Waals surface area contributed by atoms with Crippen molar-refractivity contribution in [3.8, 4) is 0 Å². The number of oxime groups is 1. The number of amidine groups is 1. The van der Waals surface area contributed by atoms with Gasteiger partial charge in [0.1, 0.15) is 0 Å². The molecular weight excluding hydrogens is 266 g/mol. The standard InChI is InChI=1S/C16H23N3O2/c1-2-11-5-3-8-14(9-11)18-16(20)13-7-4-6-12(10-13)15(17)19-21/h4,6-7,10-11,14,21H,2-3,5,8-9H2,1H3,(H2,17,19)(H,18,20). The van der Waals surface area contributed by atoms with Gasteiger partial charge in [0.2, 0.25) is 0 Å². The third-order valence-electron chi connectivity index (χ3n) is 4.22. The summed E-state index contributed by atoms with van der Waals surface area (Å²) in [5, 5.41) is 14.8. The minimum Gasteiger partial charge on any atom is -0.409 e. The summed E-state index contributed by atoms with van der Waals surface area (Å²) >= 11 is 0. The molecule has 0 spiro atoms. The van der Waals surface area contributed by atoms with Crippen LogP contribution in [0.5, 0.6) is 0 Å². The van der Waals surface area contributed by atoms with Gasteiger partial charge in [-0.05, 0) is 30.9 Å². The maximum atomic E-state index is 12.3. The van der Waals surface area contributed by atoms with E-state index in [9.17, 15) is 4.79 Å². The highest BCUT2D eigenvalue weighted by Gasteiger charge is 2.22. The summed E-state index contributed by atoms with van der Waals surface area (Å²) in [5.41, 5.74) is 6.63. The molecule has 4 N–H and O–H groups in total. The molecule has 0 radical (unpaired) electrons. The molecule has 5 heteroatoms. The SMILES string of the molecule is CCC1CCCC(NC(=O)c2cccc(C(N)=NO)c2)C1. The largest absolute Gasteiger partial charge is 0.409 e. The average Bonchev–Trinajstić information content (AvgIpc) is 2.54. The number of carbonyl (C=O) groups excluding carboxylic acids is 1. The molecule has 1 aliphatic carbocycles. The molecule has 1 fully saturated rings. The van der Waals surface area contributed by atoms with Crippen molar-refractivity contribution in [2.45, 2.75) is 45.1 Å². The van der Waals surface area contributed by atoms with E-state index in [1.54, 1.807) is 24.3 Å². The molecule has 1 saturated carbocycles. The van der Waals surface area contributed by atoms with Crippen molar-refractivity contribution < 1.29 is 10.0 Å². The van der Waals surface area contributed by atoms with Crippen LogP contribution in [0.4, 0.5) is 0 Å². The highest BCUT2D eigenvalue weighted by molar-refractivity contribution is 6.01. The highest BCUT2D eigenvalue weighted by atomic mass is 16.4. The number of amides is 1. The van der Waals surface area contributed by atoms with Crippen molar-refractivity contribution in [2.75, 3.05) is 0 Å². The van der Waals surface area contributed by atoms with E-state index in [-0.39, 0.29) is 17.8 Å². The van der Waals surface area contributed by atoms with Crippen LogP contribution in [0.15, 0.2) is 29.4 Å². The predicted octanol–water partition coefficient (Wildman–Crippen LogP) is 2.48. The first-order valence-electron chi connectivity index (χ1n) is 7.52. The van der Waals surface area contributed by atoms with E-state index in [4.69, 9.17) is 10.9 Å². The summed E-state index contributed by atoms with van der Waals surface area (Å²) < 4.78 is 0. The topological polar surface area (TPSA) is 87.7 Å². The summed E-state index contributed by atoms with van der Waals surface area (Å²) in [4.78, 5) is 12.3. The van der Waals surface area contributed by atoms with Crippen LogP contribution < -0.4 is 11.1 Å². The van der Waals surface area contributed by atoms with E-state index >= 15 is 0 Å². The lowest BCUT2D eigenvalue weighted by Gasteiger charge is -2.29. The molecule has 114 valence electrons. The van der Waals surface area contributed by atoms with Crippen molar-refractivity contribution in [2.24, 2.45) is 16.8 Å². The van der Waals surface area contributed by atoms with Gasteiger partial charge in [-0.25, -0.2) is 0 Å². The Balaban J connectivity index is 2.03. The normalized spacial score (nSPS) is 22.8. The molecule has 0 heterocycles. The highest BCUT2D eigenvalue weighted by Crippen LogP contribution is 2.26. The minimum absolute atomic E-state index is 0.00774. The Morgan fingerprint density at radius 1 is 1.43 bits per heavy atom. The lowest BCUT2D eigenvalue weighted by molar-refractivity contribution is 0.0919. The zero-order valence-electron chi connectivity index (χ0n) is 12.4. The van der Waals surface area contributed by atoms with E-state index in [1.165, 1.54) is 19.3 Å². The Morgan fingerprint density at radius 2 is 2.19 bits per heavy atom. The number of carbonyl (C=O) groups is 1. The van der Waals surface area contributed by atoms with Crippen molar-refractivity contribution in [1.82, 2.24) is 5.32 Å². The van der Waals surface area contributed by atoms with E-state index < -0.39 is 0 Å². The molecule has 1 aromatic carbocycles. The number of benzene rings is 1. The first kappa shape index (κ1) is 15.4. The van der Waals surface area contributed by atoms with Gasteiger partial charge in [-0.1, -0.05) is 43.5 Å². The smallest absolute Gasteiger partial charge is 0.251 e. The van der Waals surface area contributed by atoms with Gasteiger partial charge in [-0.2, -0.15) is 0 Å². The van der Waals surface area contributed by atoms with Crippen LogP contribution in [0.2, 0.25) is 0 Å². The monoisotopic (exact) mass is 289 g/mol. The molecule has 0 saturated heterocycles. The van der Waals surface area contributed by atoms with E-state index in [0.29, 0.717) is 17.0 Å². The molecule has 21 heavy (non-hydrogen) atoms. The van der Waals surface area contributed by atoms with Crippen LogP contribution in [0.3, 0.4) is 0 Å². The average molecular weight is 289 g/mol. The van der Waals surface area contributed by atoms with Gasteiger partial charge in [0.15, 0.2) is 5.84 Å². The number of rotatable bonds is 4. The maximum absolute atomic E-state index is 12.3. The number of nitrogens with one attached hydrogen (secondary N) is 1. The molecular formula is C16H23N3O2. The van der Waals surface area contributed by atoms with E-state index in [2.05, 4.69) is 17.4 Å². The maximum Gasteiger partial charge on any atom is 0.251 e. The lowest BCUT2D eigenvalue weighted by Crippen LogP contribution is -2.38. The van der Waals surface area contributed by atoms with Gasteiger partial charge in [-0.3, -0.25) is 4.79 Å².